The van der Waals surface area contributed by atoms with E-state index in [4.69, 9.17) is 4.74 Å². The van der Waals surface area contributed by atoms with Crippen LogP contribution in [0.25, 0.3) is 10.9 Å². The fraction of sp³-hybridized carbons (Fsp3) is 0.471. The number of para-hydroxylation sites is 1. The molecular weight excluding hydrogens is 250 g/mol. The largest absolute Gasteiger partial charge is 0.388 e. The minimum atomic E-state index is -0.417. The van der Waals surface area contributed by atoms with E-state index >= 15 is 0 Å². The Morgan fingerprint density at radius 1 is 1.35 bits per heavy atom. The Hall–Kier alpha value is -1.45. The van der Waals surface area contributed by atoms with Crippen molar-refractivity contribution in [2.24, 2.45) is 5.92 Å². The van der Waals surface area contributed by atoms with Gasteiger partial charge in [-0.2, -0.15) is 0 Å². The minimum absolute atomic E-state index is 0.409. The molecule has 3 nitrogen and oxygen atoms in total. The molecule has 20 heavy (non-hydrogen) atoms. The summed E-state index contributed by atoms with van der Waals surface area (Å²) in [5.41, 5.74) is 1.90. The summed E-state index contributed by atoms with van der Waals surface area (Å²) in [7, 11) is 0. The molecule has 1 aromatic carbocycles. The zero-order valence-corrected chi connectivity index (χ0v) is 11.8. The van der Waals surface area contributed by atoms with E-state index in [9.17, 15) is 5.11 Å². The molecular formula is C17H21NO2. The number of aliphatic hydroxyl groups excluding tert-OH is 1. The van der Waals surface area contributed by atoms with E-state index in [0.29, 0.717) is 12.0 Å². The van der Waals surface area contributed by atoms with E-state index in [1.165, 1.54) is 0 Å². The Morgan fingerprint density at radius 2 is 2.15 bits per heavy atom. The number of hydrogen-bond acceptors (Lipinski definition) is 3. The van der Waals surface area contributed by atoms with Gasteiger partial charge in [-0.15, -0.1) is 0 Å². The smallest absolute Gasteiger partial charge is 0.0807 e. The van der Waals surface area contributed by atoms with E-state index in [1.54, 1.807) is 6.20 Å². The molecule has 1 heterocycles. The molecule has 0 bridgehead atoms. The molecule has 1 unspecified atom stereocenters. The molecule has 1 aliphatic rings. The number of hydrogen-bond donors (Lipinski definition) is 1. The quantitative estimate of drug-likeness (QED) is 0.905. The molecule has 0 radical (unpaired) electrons. The van der Waals surface area contributed by atoms with Crippen LogP contribution in [0.15, 0.2) is 36.5 Å². The monoisotopic (exact) mass is 271 g/mol. The number of nitrogens with zero attached hydrogens (tertiary/aromatic N) is 1. The fourth-order valence-corrected chi connectivity index (χ4v) is 2.96. The van der Waals surface area contributed by atoms with E-state index in [0.717, 1.165) is 42.3 Å². The van der Waals surface area contributed by atoms with Gasteiger partial charge in [0.25, 0.3) is 0 Å². The first-order chi connectivity index (χ1) is 9.76. The van der Waals surface area contributed by atoms with Crippen molar-refractivity contribution in [2.75, 3.05) is 6.61 Å². The van der Waals surface area contributed by atoms with Crippen LogP contribution in [0.5, 0.6) is 0 Å². The molecule has 1 atom stereocenters. The van der Waals surface area contributed by atoms with Crippen LogP contribution in [0.1, 0.15) is 37.9 Å². The van der Waals surface area contributed by atoms with Gasteiger partial charge in [0.05, 0.1) is 17.7 Å². The Kier molecular flexibility index (Phi) is 3.99. The topological polar surface area (TPSA) is 42.4 Å². The van der Waals surface area contributed by atoms with Gasteiger partial charge in [-0.25, -0.2) is 0 Å². The normalized spacial score (nSPS) is 23.5. The SMILES string of the molecule is CCOC1CC(CC(O)c2cnc3ccccc3c2)C1. The number of pyridine rings is 1. The Bertz CT molecular complexity index is 578. The first kappa shape index (κ1) is 13.5. The van der Waals surface area contributed by atoms with Crippen molar-refractivity contribution in [3.63, 3.8) is 0 Å². The van der Waals surface area contributed by atoms with Crippen LogP contribution < -0.4 is 0 Å². The number of ether oxygens (including phenoxy) is 1. The summed E-state index contributed by atoms with van der Waals surface area (Å²) in [4.78, 5) is 4.41. The molecule has 3 rings (SSSR count). The number of fused-ring (bicyclic) bond motifs is 1. The molecule has 2 aromatic rings. The van der Waals surface area contributed by atoms with Gasteiger partial charge in [0.15, 0.2) is 0 Å². The summed E-state index contributed by atoms with van der Waals surface area (Å²) in [6.07, 6.45) is 4.75. The summed E-state index contributed by atoms with van der Waals surface area (Å²) < 4.78 is 5.56. The molecule has 1 saturated carbocycles. The third kappa shape index (κ3) is 2.84. The Morgan fingerprint density at radius 3 is 2.95 bits per heavy atom. The molecule has 0 saturated heterocycles. The summed E-state index contributed by atoms with van der Waals surface area (Å²) in [5.74, 6) is 0.577. The van der Waals surface area contributed by atoms with Crippen LogP contribution in [0.4, 0.5) is 0 Å². The van der Waals surface area contributed by atoms with Gasteiger partial charge >= 0.3 is 0 Å². The lowest BCUT2D eigenvalue weighted by Crippen LogP contribution is -2.32. The molecule has 106 valence electrons. The number of aromatic nitrogens is 1. The summed E-state index contributed by atoms with van der Waals surface area (Å²) in [6.45, 7) is 2.82. The van der Waals surface area contributed by atoms with Gasteiger partial charge in [-0.1, -0.05) is 18.2 Å². The van der Waals surface area contributed by atoms with Crippen LogP contribution >= 0.6 is 0 Å². The highest BCUT2D eigenvalue weighted by Crippen LogP contribution is 2.37. The summed E-state index contributed by atoms with van der Waals surface area (Å²) in [6, 6.07) is 10.1. The highest BCUT2D eigenvalue weighted by atomic mass is 16.5. The minimum Gasteiger partial charge on any atom is -0.388 e. The zero-order valence-electron chi connectivity index (χ0n) is 11.8. The molecule has 1 aliphatic carbocycles. The maximum atomic E-state index is 10.4. The maximum absolute atomic E-state index is 10.4. The first-order valence-corrected chi connectivity index (χ1v) is 7.40. The van der Waals surface area contributed by atoms with Gasteiger partial charge in [-0.3, -0.25) is 4.98 Å². The molecule has 1 N–H and O–H groups in total. The van der Waals surface area contributed by atoms with Gasteiger partial charge in [0.2, 0.25) is 0 Å². The lowest BCUT2D eigenvalue weighted by atomic mass is 9.78. The van der Waals surface area contributed by atoms with Crippen molar-refractivity contribution in [3.05, 3.63) is 42.1 Å². The molecule has 0 spiro atoms. The molecule has 1 fully saturated rings. The van der Waals surface area contributed by atoms with E-state index in [1.807, 2.05) is 37.3 Å². The third-order valence-electron chi connectivity index (χ3n) is 4.15. The van der Waals surface area contributed by atoms with Crippen molar-refractivity contribution < 1.29 is 9.84 Å². The lowest BCUT2D eigenvalue weighted by Gasteiger charge is -2.36. The molecule has 0 amide bonds. The van der Waals surface area contributed by atoms with Gasteiger partial charge in [0, 0.05) is 18.2 Å². The standard InChI is InChI=1S/C17H21NO2/c1-2-20-15-7-12(8-15)9-17(19)14-10-13-5-3-4-6-16(13)18-11-14/h3-6,10-12,15,17,19H,2,7-9H2,1H3. The van der Waals surface area contributed by atoms with Crippen LogP contribution in [0.3, 0.4) is 0 Å². The van der Waals surface area contributed by atoms with Crippen LogP contribution in [-0.2, 0) is 4.74 Å². The predicted octanol–water partition coefficient (Wildman–Crippen LogP) is 3.47. The van der Waals surface area contributed by atoms with Crippen molar-refractivity contribution in [3.8, 4) is 0 Å². The summed E-state index contributed by atoms with van der Waals surface area (Å²) in [5, 5.41) is 11.4. The highest BCUT2D eigenvalue weighted by Gasteiger charge is 2.31. The maximum Gasteiger partial charge on any atom is 0.0807 e. The summed E-state index contributed by atoms with van der Waals surface area (Å²) >= 11 is 0. The molecule has 0 aliphatic heterocycles. The van der Waals surface area contributed by atoms with Crippen LogP contribution in [-0.4, -0.2) is 22.8 Å². The Labute approximate surface area is 119 Å². The number of rotatable bonds is 5. The van der Waals surface area contributed by atoms with Crippen molar-refractivity contribution in [2.45, 2.75) is 38.4 Å². The van der Waals surface area contributed by atoms with Gasteiger partial charge in [0.1, 0.15) is 0 Å². The first-order valence-electron chi connectivity index (χ1n) is 7.40. The van der Waals surface area contributed by atoms with Crippen LogP contribution in [0.2, 0.25) is 0 Å². The number of aliphatic hydroxyl groups is 1. The van der Waals surface area contributed by atoms with Crippen molar-refractivity contribution in [1.29, 1.82) is 0 Å². The Balaban J connectivity index is 1.63. The van der Waals surface area contributed by atoms with Crippen LogP contribution in [0, 0.1) is 5.92 Å². The van der Waals surface area contributed by atoms with Gasteiger partial charge < -0.3 is 9.84 Å². The van der Waals surface area contributed by atoms with Crippen molar-refractivity contribution in [1.82, 2.24) is 4.98 Å². The second-order valence-corrected chi connectivity index (χ2v) is 5.63. The van der Waals surface area contributed by atoms with E-state index in [-0.39, 0.29) is 0 Å². The number of benzene rings is 1. The van der Waals surface area contributed by atoms with Crippen molar-refractivity contribution >= 4 is 10.9 Å². The highest BCUT2D eigenvalue weighted by molar-refractivity contribution is 5.78. The average Bonchev–Trinajstić information content (AvgIpc) is 2.44. The predicted molar refractivity (Wildman–Crippen MR) is 79.5 cm³/mol. The van der Waals surface area contributed by atoms with E-state index < -0.39 is 6.10 Å². The molecule has 3 heteroatoms. The average molecular weight is 271 g/mol. The zero-order chi connectivity index (χ0) is 13.9. The van der Waals surface area contributed by atoms with Gasteiger partial charge in [-0.05, 0) is 49.8 Å². The second-order valence-electron chi connectivity index (χ2n) is 5.63. The van der Waals surface area contributed by atoms with E-state index in [2.05, 4.69) is 4.98 Å². The second kappa shape index (κ2) is 5.90. The fourth-order valence-electron chi connectivity index (χ4n) is 2.96. The molecule has 1 aromatic heterocycles. The lowest BCUT2D eigenvalue weighted by molar-refractivity contribution is -0.0380. The third-order valence-corrected chi connectivity index (χ3v) is 4.15.